The normalized spacial score (nSPS) is 20.4. The molecule has 9 nitrogen and oxygen atoms in total. The van der Waals surface area contributed by atoms with Crippen LogP contribution in [-0.2, 0) is 20.8 Å². The van der Waals surface area contributed by atoms with Gasteiger partial charge in [-0.25, -0.2) is 9.69 Å². The van der Waals surface area contributed by atoms with Crippen LogP contribution in [0.2, 0.25) is 0 Å². The van der Waals surface area contributed by atoms with Gasteiger partial charge in [-0.1, -0.05) is 12.7 Å². The number of carbonyl (C=O) groups is 2. The van der Waals surface area contributed by atoms with E-state index in [4.69, 9.17) is 24.1 Å². The molecule has 1 aromatic rings. The van der Waals surface area contributed by atoms with Crippen molar-refractivity contribution in [2.24, 2.45) is 0 Å². The molecule has 0 spiro atoms. The third-order valence-electron chi connectivity index (χ3n) is 5.55. The van der Waals surface area contributed by atoms with Gasteiger partial charge in [-0.05, 0) is 37.4 Å². The smallest absolute Gasteiger partial charge is 0.416 e. The second-order valence-corrected chi connectivity index (χ2v) is 7.52. The Morgan fingerprint density at radius 1 is 1.29 bits per heavy atom. The number of amides is 1. The number of carboxylic acids is 1. The molecule has 0 aromatic heterocycles. The highest BCUT2D eigenvalue weighted by Crippen LogP contribution is 2.41. The zero-order chi connectivity index (χ0) is 22.4. The zero-order valence-corrected chi connectivity index (χ0v) is 18.0. The topological polar surface area (TPSA) is 97.8 Å². The number of nitrogens with zero attached hydrogens (tertiary/aromatic N) is 2. The van der Waals surface area contributed by atoms with Crippen molar-refractivity contribution in [3.8, 4) is 11.5 Å². The number of hydrogen-bond donors (Lipinski definition) is 1. The molecule has 0 bridgehead atoms. The Balaban J connectivity index is 1.99. The van der Waals surface area contributed by atoms with E-state index in [0.717, 1.165) is 24.9 Å². The van der Waals surface area contributed by atoms with Crippen LogP contribution in [0, 0.1) is 0 Å². The molecule has 2 aliphatic heterocycles. The van der Waals surface area contributed by atoms with Crippen LogP contribution in [0.4, 0.5) is 10.5 Å². The van der Waals surface area contributed by atoms with Crippen molar-refractivity contribution in [2.75, 3.05) is 38.9 Å². The lowest BCUT2D eigenvalue weighted by atomic mass is 10.1. The minimum Gasteiger partial charge on any atom is -0.493 e. The van der Waals surface area contributed by atoms with E-state index in [9.17, 15) is 9.59 Å². The number of aliphatic carboxylic acids is 1. The SMILES string of the molecule is C=CCOC(=O)N1c2cc(OCCCC(=O)O)c(OC)cc2CN2CCC[C@H]2[C@@H]1OC. The predicted octanol–water partition coefficient (Wildman–Crippen LogP) is 3.02. The molecule has 0 aliphatic carbocycles. The molecule has 1 amide bonds. The van der Waals surface area contributed by atoms with Gasteiger partial charge >= 0.3 is 12.1 Å². The highest BCUT2D eigenvalue weighted by atomic mass is 16.6. The van der Waals surface area contributed by atoms with Crippen LogP contribution >= 0.6 is 0 Å². The summed E-state index contributed by atoms with van der Waals surface area (Å²) in [6.45, 7) is 5.46. The number of hydrogen-bond acceptors (Lipinski definition) is 7. The summed E-state index contributed by atoms with van der Waals surface area (Å²) < 4.78 is 22.5. The summed E-state index contributed by atoms with van der Waals surface area (Å²) in [4.78, 5) is 27.7. The first-order valence-electron chi connectivity index (χ1n) is 10.4. The number of carbonyl (C=O) groups excluding carboxylic acids is 1. The van der Waals surface area contributed by atoms with Gasteiger partial charge < -0.3 is 24.1 Å². The van der Waals surface area contributed by atoms with Gasteiger partial charge in [-0.2, -0.15) is 0 Å². The van der Waals surface area contributed by atoms with Gasteiger partial charge in [0.2, 0.25) is 0 Å². The van der Waals surface area contributed by atoms with E-state index in [0.29, 0.717) is 30.2 Å². The molecule has 2 heterocycles. The van der Waals surface area contributed by atoms with Gasteiger partial charge in [0.05, 0.1) is 25.4 Å². The lowest BCUT2D eigenvalue weighted by Crippen LogP contribution is -2.51. The summed E-state index contributed by atoms with van der Waals surface area (Å²) in [5, 5.41) is 8.84. The molecule has 1 aromatic carbocycles. The molecule has 0 radical (unpaired) electrons. The van der Waals surface area contributed by atoms with Crippen molar-refractivity contribution in [2.45, 2.75) is 44.5 Å². The molecule has 1 saturated heterocycles. The third-order valence-corrected chi connectivity index (χ3v) is 5.55. The molecule has 2 atom stereocenters. The lowest BCUT2D eigenvalue weighted by Gasteiger charge is -2.34. The number of carboxylic acid groups (broad SMARTS) is 1. The number of benzene rings is 1. The van der Waals surface area contributed by atoms with Crippen molar-refractivity contribution in [3.05, 3.63) is 30.4 Å². The van der Waals surface area contributed by atoms with E-state index < -0.39 is 18.3 Å². The molecule has 31 heavy (non-hydrogen) atoms. The van der Waals surface area contributed by atoms with Crippen LogP contribution in [0.5, 0.6) is 11.5 Å². The van der Waals surface area contributed by atoms with Crippen LogP contribution in [-0.4, -0.2) is 68.3 Å². The average molecular weight is 434 g/mol. The molecule has 3 rings (SSSR count). The van der Waals surface area contributed by atoms with E-state index in [-0.39, 0.29) is 25.7 Å². The Morgan fingerprint density at radius 2 is 2.10 bits per heavy atom. The van der Waals surface area contributed by atoms with Gasteiger partial charge in [0.15, 0.2) is 17.7 Å². The Hall–Kier alpha value is -2.78. The second kappa shape index (κ2) is 10.5. The van der Waals surface area contributed by atoms with E-state index in [2.05, 4.69) is 11.5 Å². The fraction of sp³-hybridized carbons (Fsp3) is 0.545. The minimum atomic E-state index is -0.878. The highest BCUT2D eigenvalue weighted by Gasteiger charge is 2.43. The highest BCUT2D eigenvalue weighted by molar-refractivity contribution is 5.90. The number of ether oxygens (including phenoxy) is 4. The summed E-state index contributed by atoms with van der Waals surface area (Å²) in [6.07, 6.45) is 2.78. The summed E-state index contributed by atoms with van der Waals surface area (Å²) in [6, 6.07) is 3.65. The van der Waals surface area contributed by atoms with Gasteiger partial charge in [0, 0.05) is 26.1 Å². The van der Waals surface area contributed by atoms with Crippen molar-refractivity contribution < 1.29 is 33.6 Å². The first-order chi connectivity index (χ1) is 15.0. The lowest BCUT2D eigenvalue weighted by molar-refractivity contribution is -0.137. The number of rotatable bonds is 9. The molecule has 9 heteroatoms. The summed E-state index contributed by atoms with van der Waals surface area (Å²) in [7, 11) is 3.14. The molecule has 0 saturated carbocycles. The Labute approximate surface area is 182 Å². The molecule has 0 unspecified atom stereocenters. The van der Waals surface area contributed by atoms with Crippen LogP contribution in [0.1, 0.15) is 31.2 Å². The predicted molar refractivity (Wildman–Crippen MR) is 114 cm³/mol. The quantitative estimate of drug-likeness (QED) is 0.468. The Morgan fingerprint density at radius 3 is 2.77 bits per heavy atom. The molecular weight excluding hydrogens is 404 g/mol. The van der Waals surface area contributed by atoms with E-state index in [1.165, 1.54) is 6.08 Å². The fourth-order valence-electron chi connectivity index (χ4n) is 4.18. The molecule has 1 N–H and O–H groups in total. The number of fused-ring (bicyclic) bond motifs is 2. The zero-order valence-electron chi connectivity index (χ0n) is 18.0. The molecule has 2 aliphatic rings. The monoisotopic (exact) mass is 434 g/mol. The van der Waals surface area contributed by atoms with Crippen LogP contribution in [0.3, 0.4) is 0 Å². The van der Waals surface area contributed by atoms with Crippen LogP contribution in [0.25, 0.3) is 0 Å². The van der Waals surface area contributed by atoms with E-state index >= 15 is 0 Å². The molecule has 1 fully saturated rings. The van der Waals surface area contributed by atoms with Gasteiger partial charge in [0.25, 0.3) is 0 Å². The number of methoxy groups -OCH3 is 2. The van der Waals surface area contributed by atoms with Gasteiger partial charge in [-0.3, -0.25) is 9.69 Å². The fourth-order valence-corrected chi connectivity index (χ4v) is 4.18. The minimum absolute atomic E-state index is 0.00957. The van der Waals surface area contributed by atoms with Crippen LogP contribution in [0.15, 0.2) is 24.8 Å². The van der Waals surface area contributed by atoms with Crippen molar-refractivity contribution in [1.29, 1.82) is 0 Å². The third kappa shape index (κ3) is 5.11. The number of anilines is 1. The maximum Gasteiger partial charge on any atom is 0.416 e. The van der Waals surface area contributed by atoms with Crippen molar-refractivity contribution >= 4 is 17.7 Å². The summed E-state index contributed by atoms with van der Waals surface area (Å²) in [5.41, 5.74) is 1.53. The van der Waals surface area contributed by atoms with E-state index in [1.54, 1.807) is 25.2 Å². The second-order valence-electron chi connectivity index (χ2n) is 7.52. The average Bonchev–Trinajstić information content (AvgIpc) is 3.16. The molecular formula is C22H30N2O7. The maximum atomic E-state index is 13.1. The first-order valence-corrected chi connectivity index (χ1v) is 10.4. The molecule has 170 valence electrons. The van der Waals surface area contributed by atoms with Crippen LogP contribution < -0.4 is 14.4 Å². The summed E-state index contributed by atoms with van der Waals surface area (Å²) >= 11 is 0. The first kappa shape index (κ1) is 22.9. The maximum absolute atomic E-state index is 13.1. The summed E-state index contributed by atoms with van der Waals surface area (Å²) in [5.74, 6) is 0.0855. The van der Waals surface area contributed by atoms with E-state index in [1.807, 2.05) is 6.07 Å². The largest absolute Gasteiger partial charge is 0.493 e. The van der Waals surface area contributed by atoms with Crippen molar-refractivity contribution in [3.63, 3.8) is 0 Å². The van der Waals surface area contributed by atoms with Gasteiger partial charge in [0.1, 0.15) is 6.61 Å². The Bertz CT molecular complexity index is 813. The van der Waals surface area contributed by atoms with Gasteiger partial charge in [-0.15, -0.1) is 0 Å². The standard InChI is InChI=1S/C22H30N2O7/c1-4-10-31-22(27)24-17-13-19(30-11-6-8-20(25)26)18(28-2)12-15(17)14-23-9-5-7-16(23)21(24)29-3/h4,12-13,16,21H,1,5-11,14H2,2-3H3,(H,25,26)/t16-,21-/m0/s1. The Kier molecular flexibility index (Phi) is 7.75. The van der Waals surface area contributed by atoms with Crippen molar-refractivity contribution in [1.82, 2.24) is 4.90 Å².